The number of aliphatic hydroxyl groups excluding tert-OH is 1. The summed E-state index contributed by atoms with van der Waals surface area (Å²) in [5, 5.41) is 13.5. The van der Waals surface area contributed by atoms with Crippen LogP contribution in [0.2, 0.25) is 0 Å². The molecule has 2 aromatic heterocycles. The summed E-state index contributed by atoms with van der Waals surface area (Å²) >= 11 is 0. The van der Waals surface area contributed by atoms with E-state index in [1.165, 1.54) is 19.3 Å². The molecule has 3 heterocycles. The normalized spacial score (nSPS) is 13.7. The smallest absolute Gasteiger partial charge is 0.302 e. The van der Waals surface area contributed by atoms with Crippen molar-refractivity contribution in [3.05, 3.63) is 95.6 Å². The van der Waals surface area contributed by atoms with E-state index in [1.807, 2.05) is 29.2 Å². The van der Waals surface area contributed by atoms with Gasteiger partial charge in [0.15, 0.2) is 0 Å². The van der Waals surface area contributed by atoms with Crippen LogP contribution in [0.4, 0.5) is 17.4 Å². The molecule has 1 atom stereocenters. The molecular formula is C32H39N5O4S. The van der Waals surface area contributed by atoms with Crippen LogP contribution in [0.15, 0.2) is 82.5 Å². The van der Waals surface area contributed by atoms with Crippen molar-refractivity contribution in [1.82, 2.24) is 15.3 Å². The number of oxazole rings is 1. The quantitative estimate of drug-likeness (QED) is 0.154. The Hall–Kier alpha value is -3.73. The number of nitrogens with one attached hydrogen (secondary N) is 2. The molecule has 0 amide bonds. The topological polar surface area (TPSA) is 121 Å². The van der Waals surface area contributed by atoms with Crippen LogP contribution in [0, 0.1) is 0 Å². The minimum atomic E-state index is -3.75. The average molecular weight is 590 g/mol. The van der Waals surface area contributed by atoms with E-state index in [1.54, 1.807) is 48.9 Å². The Bertz CT molecular complexity index is 1540. The fraction of sp³-hybridized carbons (Fsp3) is 0.375. The van der Waals surface area contributed by atoms with E-state index in [0.717, 1.165) is 53.8 Å². The van der Waals surface area contributed by atoms with Crippen LogP contribution in [0.25, 0.3) is 0 Å². The zero-order valence-electron chi connectivity index (χ0n) is 24.0. The summed E-state index contributed by atoms with van der Waals surface area (Å²) in [7, 11) is -3.75. The second kappa shape index (κ2) is 14.0. The van der Waals surface area contributed by atoms with Crippen molar-refractivity contribution >= 4 is 27.4 Å². The molecule has 9 nitrogen and oxygen atoms in total. The molecule has 42 heavy (non-hydrogen) atoms. The van der Waals surface area contributed by atoms with Gasteiger partial charge in [-0.1, -0.05) is 44.4 Å². The van der Waals surface area contributed by atoms with Crippen LogP contribution in [-0.2, 0) is 29.3 Å². The van der Waals surface area contributed by atoms with Gasteiger partial charge >= 0.3 is 6.01 Å². The lowest BCUT2D eigenvalue weighted by atomic mass is 10.1. The van der Waals surface area contributed by atoms with Gasteiger partial charge in [-0.15, -0.1) is 0 Å². The monoisotopic (exact) mass is 589 g/mol. The highest BCUT2D eigenvalue weighted by Gasteiger charge is 2.26. The number of fused-ring (bicyclic) bond motifs is 1. The number of nitrogens with zero attached hydrogens (tertiary/aromatic N) is 3. The Morgan fingerprint density at radius 1 is 1.05 bits per heavy atom. The molecule has 0 radical (unpaired) electrons. The SMILES string of the molecule is CCCCCCc1cnc(N2CCc3cc(S(=O)(=O)Nc4ccc(CCNCC(O)c5cccnc5)cc4)ccc32)o1. The van der Waals surface area contributed by atoms with Crippen LogP contribution < -0.4 is 14.9 Å². The van der Waals surface area contributed by atoms with Gasteiger partial charge in [0, 0.05) is 48.8 Å². The lowest BCUT2D eigenvalue weighted by molar-refractivity contribution is 0.174. The molecule has 1 aliphatic rings. The molecule has 0 spiro atoms. The van der Waals surface area contributed by atoms with E-state index >= 15 is 0 Å². The summed E-state index contributed by atoms with van der Waals surface area (Å²) in [5.41, 5.74) is 4.23. The number of sulfonamides is 1. The van der Waals surface area contributed by atoms with Gasteiger partial charge in [-0.2, -0.15) is 0 Å². The summed E-state index contributed by atoms with van der Waals surface area (Å²) in [6, 6.07) is 16.8. The van der Waals surface area contributed by atoms with Gasteiger partial charge in [0.25, 0.3) is 10.0 Å². The number of aryl methyl sites for hydroxylation is 1. The molecule has 222 valence electrons. The number of rotatable bonds is 15. The van der Waals surface area contributed by atoms with Crippen molar-refractivity contribution in [2.24, 2.45) is 0 Å². The number of unbranched alkanes of at least 4 members (excludes halogenated alkanes) is 3. The van der Waals surface area contributed by atoms with E-state index in [9.17, 15) is 13.5 Å². The molecule has 4 aromatic rings. The van der Waals surface area contributed by atoms with Crippen molar-refractivity contribution in [2.45, 2.75) is 62.9 Å². The lowest BCUT2D eigenvalue weighted by Crippen LogP contribution is -2.23. The molecular weight excluding hydrogens is 550 g/mol. The van der Waals surface area contributed by atoms with E-state index in [2.05, 4.69) is 26.9 Å². The maximum absolute atomic E-state index is 13.2. The second-order valence-electron chi connectivity index (χ2n) is 10.7. The Kier molecular flexibility index (Phi) is 9.89. The molecule has 2 aromatic carbocycles. The molecule has 0 saturated carbocycles. The zero-order chi connectivity index (χ0) is 29.4. The molecule has 5 rings (SSSR count). The molecule has 10 heteroatoms. The molecule has 1 aliphatic heterocycles. The Labute approximate surface area is 248 Å². The van der Waals surface area contributed by atoms with Crippen LogP contribution in [-0.4, -0.2) is 43.1 Å². The Morgan fingerprint density at radius 2 is 1.90 bits per heavy atom. The molecule has 3 N–H and O–H groups in total. The highest BCUT2D eigenvalue weighted by Crippen LogP contribution is 2.36. The lowest BCUT2D eigenvalue weighted by Gasteiger charge is -2.15. The van der Waals surface area contributed by atoms with Crippen molar-refractivity contribution in [2.75, 3.05) is 29.3 Å². The fourth-order valence-electron chi connectivity index (χ4n) is 5.12. The third-order valence-corrected chi connectivity index (χ3v) is 8.89. The van der Waals surface area contributed by atoms with Crippen LogP contribution in [0.5, 0.6) is 0 Å². The minimum absolute atomic E-state index is 0.229. The van der Waals surface area contributed by atoms with Crippen molar-refractivity contribution in [3.8, 4) is 0 Å². The van der Waals surface area contributed by atoms with Crippen molar-refractivity contribution in [1.29, 1.82) is 0 Å². The number of aromatic nitrogens is 2. The van der Waals surface area contributed by atoms with E-state index in [-0.39, 0.29) is 4.90 Å². The van der Waals surface area contributed by atoms with E-state index in [4.69, 9.17) is 4.42 Å². The van der Waals surface area contributed by atoms with Gasteiger partial charge < -0.3 is 14.8 Å². The Balaban J connectivity index is 1.13. The minimum Gasteiger partial charge on any atom is -0.428 e. The predicted octanol–water partition coefficient (Wildman–Crippen LogP) is 5.55. The first kappa shape index (κ1) is 29.8. The van der Waals surface area contributed by atoms with E-state index in [0.29, 0.717) is 31.3 Å². The third-order valence-electron chi connectivity index (χ3n) is 7.51. The average Bonchev–Trinajstić information content (AvgIpc) is 3.65. The van der Waals surface area contributed by atoms with Crippen molar-refractivity contribution < 1.29 is 17.9 Å². The highest BCUT2D eigenvalue weighted by atomic mass is 32.2. The summed E-state index contributed by atoms with van der Waals surface area (Å²) < 4.78 is 35.1. The van der Waals surface area contributed by atoms with E-state index < -0.39 is 16.1 Å². The summed E-state index contributed by atoms with van der Waals surface area (Å²) in [6.45, 7) is 4.01. The first-order chi connectivity index (χ1) is 20.4. The summed E-state index contributed by atoms with van der Waals surface area (Å²) in [5.74, 6) is 0.889. The number of benzene rings is 2. The highest BCUT2D eigenvalue weighted by molar-refractivity contribution is 7.92. The summed E-state index contributed by atoms with van der Waals surface area (Å²) in [6.07, 6.45) is 11.6. The number of hydrogen-bond acceptors (Lipinski definition) is 8. The Morgan fingerprint density at radius 3 is 2.69 bits per heavy atom. The standard InChI is InChI=1S/C32H39N5O4S/c1-2-3-4-5-8-28-22-35-32(41-28)37-19-16-25-20-29(13-14-30(25)37)42(39,40)36-27-11-9-24(10-12-27)15-18-34-23-31(38)26-7-6-17-33-21-26/h6-7,9-14,17,20-22,31,34,36,38H,2-5,8,15-16,18-19,23H2,1H3. The number of aliphatic hydroxyl groups is 1. The van der Waals surface area contributed by atoms with Gasteiger partial charge in [-0.25, -0.2) is 13.4 Å². The molecule has 0 saturated heterocycles. The molecule has 0 bridgehead atoms. The van der Waals surface area contributed by atoms with Crippen LogP contribution in [0.1, 0.15) is 61.2 Å². The molecule has 0 fully saturated rings. The van der Waals surface area contributed by atoms with Gasteiger partial charge in [0.2, 0.25) is 0 Å². The summed E-state index contributed by atoms with van der Waals surface area (Å²) in [4.78, 5) is 10.8. The van der Waals surface area contributed by atoms with Crippen LogP contribution in [0.3, 0.4) is 0 Å². The molecule has 1 unspecified atom stereocenters. The first-order valence-corrected chi connectivity index (χ1v) is 16.2. The first-order valence-electron chi connectivity index (χ1n) is 14.7. The van der Waals surface area contributed by atoms with Gasteiger partial charge in [0.1, 0.15) is 5.76 Å². The predicted molar refractivity (Wildman–Crippen MR) is 165 cm³/mol. The van der Waals surface area contributed by atoms with Gasteiger partial charge in [-0.3, -0.25) is 14.6 Å². The largest absolute Gasteiger partial charge is 0.428 e. The van der Waals surface area contributed by atoms with Crippen molar-refractivity contribution in [3.63, 3.8) is 0 Å². The third kappa shape index (κ3) is 7.56. The zero-order valence-corrected chi connectivity index (χ0v) is 24.8. The molecule has 0 aliphatic carbocycles. The van der Waals surface area contributed by atoms with Gasteiger partial charge in [-0.05, 0) is 73.3 Å². The van der Waals surface area contributed by atoms with Crippen LogP contribution >= 0.6 is 0 Å². The number of anilines is 3. The van der Waals surface area contributed by atoms with Gasteiger partial charge in [0.05, 0.1) is 17.2 Å². The fourth-order valence-corrected chi connectivity index (χ4v) is 6.23. The maximum atomic E-state index is 13.2. The number of hydrogen-bond donors (Lipinski definition) is 3. The second-order valence-corrected chi connectivity index (χ2v) is 12.4. The maximum Gasteiger partial charge on any atom is 0.302 e. The number of pyridine rings is 1.